The number of methoxy groups -OCH3 is 1. The summed E-state index contributed by atoms with van der Waals surface area (Å²) >= 11 is 0. The van der Waals surface area contributed by atoms with Crippen molar-refractivity contribution in [2.24, 2.45) is 5.10 Å². The summed E-state index contributed by atoms with van der Waals surface area (Å²) in [5.74, 6) is 0.536. The van der Waals surface area contributed by atoms with Crippen LogP contribution in [0.15, 0.2) is 71.8 Å². The maximum Gasteiger partial charge on any atom is 0.260 e. The Hall–Kier alpha value is -3.85. The lowest BCUT2D eigenvalue weighted by atomic mass is 10.1. The van der Waals surface area contributed by atoms with Crippen LogP contribution >= 0.6 is 0 Å². The van der Waals surface area contributed by atoms with E-state index in [2.05, 4.69) is 10.5 Å². The summed E-state index contributed by atoms with van der Waals surface area (Å²) in [5.41, 5.74) is 6.10. The largest absolute Gasteiger partial charge is 0.493 e. The lowest BCUT2D eigenvalue weighted by Gasteiger charge is -2.25. The minimum Gasteiger partial charge on any atom is -0.493 e. The van der Waals surface area contributed by atoms with Crippen molar-refractivity contribution < 1.29 is 22.7 Å². The SMILES string of the molecule is COc1cc(/C=N\NC(=O)CN(c2c(C)cccc2C)S(C)(=O)=O)ccc1OCc1ccccc1. The zero-order valence-electron chi connectivity index (χ0n) is 20.2. The number of aryl methyl sites for hydroxylation is 2. The van der Waals surface area contributed by atoms with E-state index in [4.69, 9.17) is 9.47 Å². The molecule has 0 aliphatic rings. The van der Waals surface area contributed by atoms with Crippen molar-refractivity contribution in [3.05, 3.63) is 89.0 Å². The highest BCUT2D eigenvalue weighted by Gasteiger charge is 2.23. The molecule has 0 heterocycles. The number of anilines is 1. The van der Waals surface area contributed by atoms with Crippen LogP contribution in [0, 0.1) is 13.8 Å². The molecule has 184 valence electrons. The van der Waals surface area contributed by atoms with Crippen LogP contribution in [0.1, 0.15) is 22.3 Å². The molecular formula is C26H29N3O5S. The molecule has 0 spiro atoms. The number of sulfonamides is 1. The topological polar surface area (TPSA) is 97.3 Å². The van der Waals surface area contributed by atoms with Gasteiger partial charge in [0.15, 0.2) is 11.5 Å². The van der Waals surface area contributed by atoms with E-state index in [9.17, 15) is 13.2 Å². The molecule has 8 nitrogen and oxygen atoms in total. The Bertz CT molecular complexity index is 1290. The number of ether oxygens (including phenoxy) is 2. The number of carbonyl (C=O) groups is 1. The molecule has 35 heavy (non-hydrogen) atoms. The van der Waals surface area contributed by atoms with E-state index in [0.717, 1.165) is 27.3 Å². The first-order valence-electron chi connectivity index (χ1n) is 10.9. The van der Waals surface area contributed by atoms with Gasteiger partial charge in [-0.15, -0.1) is 0 Å². The molecule has 0 aromatic heterocycles. The maximum absolute atomic E-state index is 12.5. The highest BCUT2D eigenvalue weighted by molar-refractivity contribution is 7.92. The number of carbonyl (C=O) groups excluding carboxylic acids is 1. The fourth-order valence-corrected chi connectivity index (χ4v) is 4.50. The fraction of sp³-hybridized carbons (Fsp3) is 0.231. The number of nitrogens with one attached hydrogen (secondary N) is 1. The first-order chi connectivity index (χ1) is 16.7. The predicted octanol–water partition coefficient (Wildman–Crippen LogP) is 3.81. The normalized spacial score (nSPS) is 11.3. The number of rotatable bonds is 10. The molecule has 0 atom stereocenters. The van der Waals surface area contributed by atoms with Crippen LogP contribution in [0.25, 0.3) is 0 Å². The minimum absolute atomic E-state index is 0.391. The maximum atomic E-state index is 12.5. The molecule has 3 rings (SSSR count). The van der Waals surface area contributed by atoms with Gasteiger partial charge >= 0.3 is 0 Å². The van der Waals surface area contributed by atoms with Crippen molar-refractivity contribution in [1.29, 1.82) is 0 Å². The van der Waals surface area contributed by atoms with E-state index in [-0.39, 0.29) is 0 Å². The first kappa shape index (κ1) is 25.8. The lowest BCUT2D eigenvalue weighted by Crippen LogP contribution is -2.39. The number of hydrogen-bond acceptors (Lipinski definition) is 6. The van der Waals surface area contributed by atoms with Gasteiger partial charge in [0, 0.05) is 0 Å². The van der Waals surface area contributed by atoms with E-state index >= 15 is 0 Å². The average Bonchev–Trinajstić information content (AvgIpc) is 2.82. The second-order valence-electron chi connectivity index (χ2n) is 7.99. The van der Waals surface area contributed by atoms with Gasteiger partial charge in [0.2, 0.25) is 10.0 Å². The summed E-state index contributed by atoms with van der Waals surface area (Å²) < 4.78 is 37.1. The van der Waals surface area contributed by atoms with Gasteiger partial charge in [-0.2, -0.15) is 5.10 Å². The molecule has 0 unspecified atom stereocenters. The Balaban J connectivity index is 1.66. The van der Waals surface area contributed by atoms with Gasteiger partial charge in [0.05, 0.1) is 25.3 Å². The summed E-state index contributed by atoms with van der Waals surface area (Å²) in [6.45, 7) is 3.61. The van der Waals surface area contributed by atoms with E-state index in [0.29, 0.717) is 29.4 Å². The van der Waals surface area contributed by atoms with Crippen LogP contribution in [0.2, 0.25) is 0 Å². The molecule has 0 radical (unpaired) electrons. The van der Waals surface area contributed by atoms with Gasteiger partial charge in [-0.3, -0.25) is 9.10 Å². The predicted molar refractivity (Wildman–Crippen MR) is 138 cm³/mol. The van der Waals surface area contributed by atoms with Gasteiger partial charge in [-0.05, 0) is 54.3 Å². The molecule has 0 bridgehead atoms. The van der Waals surface area contributed by atoms with Crippen molar-refractivity contribution in [3.8, 4) is 11.5 Å². The molecular weight excluding hydrogens is 466 g/mol. The Morgan fingerprint density at radius 2 is 1.69 bits per heavy atom. The molecule has 9 heteroatoms. The van der Waals surface area contributed by atoms with Crippen LogP contribution in [0.5, 0.6) is 11.5 Å². The van der Waals surface area contributed by atoms with Crippen LogP contribution in [0.4, 0.5) is 5.69 Å². The third-order valence-electron chi connectivity index (χ3n) is 5.20. The van der Waals surface area contributed by atoms with Crippen molar-refractivity contribution in [2.75, 3.05) is 24.2 Å². The number of hydrogen-bond donors (Lipinski definition) is 1. The van der Waals surface area contributed by atoms with Crippen LogP contribution < -0.4 is 19.2 Å². The zero-order chi connectivity index (χ0) is 25.4. The molecule has 3 aromatic rings. The number of hydrazone groups is 1. The second-order valence-corrected chi connectivity index (χ2v) is 9.89. The highest BCUT2D eigenvalue weighted by atomic mass is 32.2. The number of para-hydroxylation sites is 1. The zero-order valence-corrected chi connectivity index (χ0v) is 21.0. The molecule has 0 fully saturated rings. The quantitative estimate of drug-likeness (QED) is 0.341. The molecule has 0 aliphatic heterocycles. The van der Waals surface area contributed by atoms with Gasteiger partial charge in [0.1, 0.15) is 13.2 Å². The van der Waals surface area contributed by atoms with Crippen molar-refractivity contribution in [3.63, 3.8) is 0 Å². The Kier molecular flexibility index (Phi) is 8.48. The summed E-state index contributed by atoms with van der Waals surface area (Å²) in [6, 6.07) is 20.5. The molecule has 0 saturated carbocycles. The lowest BCUT2D eigenvalue weighted by molar-refractivity contribution is -0.119. The minimum atomic E-state index is -3.68. The summed E-state index contributed by atoms with van der Waals surface area (Å²) in [6.07, 6.45) is 2.52. The van der Waals surface area contributed by atoms with E-state index < -0.39 is 22.5 Å². The molecule has 1 amide bonds. The second kappa shape index (κ2) is 11.5. The summed E-state index contributed by atoms with van der Waals surface area (Å²) in [5, 5.41) is 3.97. The van der Waals surface area contributed by atoms with Crippen LogP contribution in [-0.2, 0) is 21.4 Å². The van der Waals surface area contributed by atoms with Gasteiger partial charge in [0.25, 0.3) is 5.91 Å². The van der Waals surface area contributed by atoms with Gasteiger partial charge < -0.3 is 9.47 Å². The Morgan fingerprint density at radius 3 is 2.31 bits per heavy atom. The summed E-state index contributed by atoms with van der Waals surface area (Å²) in [4.78, 5) is 12.5. The van der Waals surface area contributed by atoms with Crippen LogP contribution in [-0.4, -0.2) is 40.4 Å². The molecule has 0 aliphatic carbocycles. The number of nitrogens with zero attached hydrogens (tertiary/aromatic N) is 2. The van der Waals surface area contributed by atoms with Crippen LogP contribution in [0.3, 0.4) is 0 Å². The van der Waals surface area contributed by atoms with E-state index in [1.165, 1.54) is 6.21 Å². The Morgan fingerprint density at radius 1 is 1.00 bits per heavy atom. The average molecular weight is 496 g/mol. The van der Waals surface area contributed by atoms with Gasteiger partial charge in [-0.1, -0.05) is 48.5 Å². The fourth-order valence-electron chi connectivity index (χ4n) is 3.52. The monoisotopic (exact) mass is 495 g/mol. The third kappa shape index (κ3) is 7.07. The third-order valence-corrected chi connectivity index (χ3v) is 6.32. The molecule has 1 N–H and O–H groups in total. The highest BCUT2D eigenvalue weighted by Crippen LogP contribution is 2.28. The van der Waals surface area contributed by atoms with E-state index in [1.54, 1.807) is 51.3 Å². The number of amides is 1. The van der Waals surface area contributed by atoms with Crippen molar-refractivity contribution in [1.82, 2.24) is 5.43 Å². The summed E-state index contributed by atoms with van der Waals surface area (Å²) in [7, 11) is -2.14. The van der Waals surface area contributed by atoms with Crippen molar-refractivity contribution in [2.45, 2.75) is 20.5 Å². The molecule has 3 aromatic carbocycles. The van der Waals surface area contributed by atoms with Crippen molar-refractivity contribution >= 4 is 27.8 Å². The van der Waals surface area contributed by atoms with Gasteiger partial charge in [-0.25, -0.2) is 13.8 Å². The molecule has 0 saturated heterocycles. The van der Waals surface area contributed by atoms with E-state index in [1.807, 2.05) is 36.4 Å². The smallest absolute Gasteiger partial charge is 0.260 e. The Labute approximate surface area is 206 Å². The standard InChI is InChI=1S/C26H29N3O5S/c1-19-9-8-10-20(2)26(19)29(35(4,31)32)17-25(30)28-27-16-22-13-14-23(24(15-22)33-3)34-18-21-11-6-5-7-12-21/h5-16H,17-18H2,1-4H3,(H,28,30)/b27-16-. The first-order valence-corrected chi connectivity index (χ1v) is 12.7. The number of benzene rings is 3.